The van der Waals surface area contributed by atoms with Crippen LogP contribution in [0.2, 0.25) is 0 Å². The molecule has 0 aliphatic heterocycles. The smallest absolute Gasteiger partial charge is 0.265 e. The summed E-state index contributed by atoms with van der Waals surface area (Å²) in [7, 11) is 0. The first-order valence-corrected chi connectivity index (χ1v) is 11.0. The minimum absolute atomic E-state index is 0.251. The summed E-state index contributed by atoms with van der Waals surface area (Å²) in [4.78, 5) is 22.6. The normalized spacial score (nSPS) is 11.1. The predicted molar refractivity (Wildman–Crippen MR) is 132 cm³/mol. The highest BCUT2D eigenvalue weighted by Gasteiger charge is 2.24. The van der Waals surface area contributed by atoms with Crippen LogP contribution < -0.4 is 0 Å². The van der Waals surface area contributed by atoms with E-state index in [4.69, 9.17) is 10.1 Å². The maximum Gasteiger partial charge on any atom is 0.265 e. The Hall–Kier alpha value is -4.91. The third-order valence-electron chi connectivity index (χ3n) is 5.77. The molecule has 3 aromatic carbocycles. The van der Waals surface area contributed by atoms with Crippen LogP contribution >= 0.6 is 0 Å². The average Bonchev–Trinajstić information content (AvgIpc) is 3.52. The van der Waals surface area contributed by atoms with Gasteiger partial charge >= 0.3 is 0 Å². The molecular formula is C28H18FN5O. The zero-order chi connectivity index (χ0) is 23.8. The summed E-state index contributed by atoms with van der Waals surface area (Å²) in [5.41, 5.74) is 4.59. The van der Waals surface area contributed by atoms with Crippen LogP contribution in [0.5, 0.6) is 0 Å². The van der Waals surface area contributed by atoms with Gasteiger partial charge in [0.25, 0.3) is 5.91 Å². The molecule has 0 radical (unpaired) electrons. The molecule has 0 spiro atoms. The van der Waals surface area contributed by atoms with E-state index in [-0.39, 0.29) is 11.7 Å². The van der Waals surface area contributed by atoms with Crippen LogP contribution in [-0.2, 0) is 0 Å². The van der Waals surface area contributed by atoms with E-state index in [2.05, 4.69) is 4.98 Å². The lowest BCUT2D eigenvalue weighted by molar-refractivity contribution is 0.0966. The highest BCUT2D eigenvalue weighted by molar-refractivity contribution is 6.04. The van der Waals surface area contributed by atoms with E-state index in [0.717, 1.165) is 5.69 Å². The van der Waals surface area contributed by atoms with Gasteiger partial charge in [0.2, 0.25) is 0 Å². The molecule has 3 heterocycles. The second-order valence-corrected chi connectivity index (χ2v) is 7.98. The maximum atomic E-state index is 13.7. The van der Waals surface area contributed by atoms with Crippen molar-refractivity contribution in [3.05, 3.63) is 121 Å². The van der Waals surface area contributed by atoms with Crippen molar-refractivity contribution in [2.24, 2.45) is 0 Å². The van der Waals surface area contributed by atoms with Gasteiger partial charge in [0, 0.05) is 24.2 Å². The van der Waals surface area contributed by atoms with Crippen LogP contribution in [0, 0.1) is 5.82 Å². The first-order valence-electron chi connectivity index (χ1n) is 11.0. The van der Waals surface area contributed by atoms with Crippen molar-refractivity contribution in [1.29, 1.82) is 0 Å². The summed E-state index contributed by atoms with van der Waals surface area (Å²) in [6.07, 6.45) is 5.01. The van der Waals surface area contributed by atoms with Gasteiger partial charge in [-0.1, -0.05) is 30.3 Å². The van der Waals surface area contributed by atoms with E-state index in [1.807, 2.05) is 60.8 Å². The van der Waals surface area contributed by atoms with Gasteiger partial charge in [0.1, 0.15) is 11.5 Å². The summed E-state index contributed by atoms with van der Waals surface area (Å²) < 4.78 is 17.0. The fraction of sp³-hybridized carbons (Fsp3) is 0. The van der Waals surface area contributed by atoms with Crippen LogP contribution in [-0.4, -0.2) is 30.2 Å². The Morgan fingerprint density at radius 1 is 0.829 bits per heavy atom. The third kappa shape index (κ3) is 3.69. The van der Waals surface area contributed by atoms with Crippen LogP contribution in [0.4, 0.5) is 4.39 Å². The SMILES string of the molecule is O=C(c1cccnc1)n1c(-c2cn(-c3ccccc3)nc2-c2ccc(F)cc2)nc2ccccc21. The van der Waals surface area contributed by atoms with E-state index in [9.17, 15) is 9.18 Å². The Balaban J connectivity index is 1.63. The number of carbonyl (C=O) groups excluding carboxylic acids is 1. The molecule has 0 aliphatic carbocycles. The Kier molecular flexibility index (Phi) is 5.00. The summed E-state index contributed by atoms with van der Waals surface area (Å²) in [6, 6.07) is 26.7. The van der Waals surface area contributed by atoms with Gasteiger partial charge in [0.15, 0.2) is 5.82 Å². The standard InChI is InChI=1S/C28H18FN5O/c29-21-14-12-19(13-15-21)26-23(18-33(32-26)22-8-2-1-3-9-22)27-31-24-10-4-5-11-25(24)34(27)28(35)20-7-6-16-30-17-20/h1-18H. The monoisotopic (exact) mass is 459 g/mol. The molecule has 0 bridgehead atoms. The van der Waals surface area contributed by atoms with Crippen molar-refractivity contribution in [3.63, 3.8) is 0 Å². The highest BCUT2D eigenvalue weighted by atomic mass is 19.1. The van der Waals surface area contributed by atoms with Crippen molar-refractivity contribution < 1.29 is 9.18 Å². The first kappa shape index (κ1) is 20.7. The van der Waals surface area contributed by atoms with Crippen LogP contribution in [0.3, 0.4) is 0 Å². The van der Waals surface area contributed by atoms with Crippen LogP contribution in [0.1, 0.15) is 10.4 Å². The van der Waals surface area contributed by atoms with Gasteiger partial charge in [-0.25, -0.2) is 14.1 Å². The Morgan fingerprint density at radius 2 is 1.60 bits per heavy atom. The molecular weight excluding hydrogens is 441 g/mol. The summed E-state index contributed by atoms with van der Waals surface area (Å²) in [5.74, 6) is -0.141. The zero-order valence-corrected chi connectivity index (χ0v) is 18.4. The number of nitrogens with zero attached hydrogens (tertiary/aromatic N) is 5. The number of halogens is 1. The quantitative estimate of drug-likeness (QED) is 0.335. The molecule has 0 N–H and O–H groups in total. The van der Waals surface area contributed by atoms with Crippen molar-refractivity contribution in [1.82, 2.24) is 24.3 Å². The van der Waals surface area contributed by atoms with Gasteiger partial charge in [0.05, 0.1) is 27.8 Å². The molecule has 6 rings (SSSR count). The zero-order valence-electron chi connectivity index (χ0n) is 18.4. The van der Waals surface area contributed by atoms with Gasteiger partial charge in [-0.05, 0) is 60.7 Å². The number of pyridine rings is 1. The van der Waals surface area contributed by atoms with Crippen molar-refractivity contribution >= 4 is 16.9 Å². The number of hydrogen-bond donors (Lipinski definition) is 0. The summed E-state index contributed by atoms with van der Waals surface area (Å²) in [6.45, 7) is 0. The molecule has 0 aliphatic rings. The van der Waals surface area contributed by atoms with Gasteiger partial charge < -0.3 is 0 Å². The molecule has 35 heavy (non-hydrogen) atoms. The molecule has 0 saturated heterocycles. The van der Waals surface area contributed by atoms with Crippen molar-refractivity contribution in [3.8, 4) is 28.3 Å². The summed E-state index contributed by atoms with van der Waals surface area (Å²) >= 11 is 0. The molecule has 0 amide bonds. The van der Waals surface area contributed by atoms with Gasteiger partial charge in [-0.2, -0.15) is 5.10 Å². The lowest BCUT2D eigenvalue weighted by Gasteiger charge is -2.08. The summed E-state index contributed by atoms with van der Waals surface area (Å²) in [5, 5.41) is 4.82. The number of rotatable bonds is 4. The number of hydrogen-bond acceptors (Lipinski definition) is 4. The van der Waals surface area contributed by atoms with E-state index >= 15 is 0 Å². The molecule has 0 atom stereocenters. The Morgan fingerprint density at radius 3 is 2.37 bits per heavy atom. The van der Waals surface area contributed by atoms with E-state index in [1.54, 1.807) is 39.7 Å². The van der Waals surface area contributed by atoms with Crippen molar-refractivity contribution in [2.75, 3.05) is 0 Å². The molecule has 6 aromatic rings. The van der Waals surface area contributed by atoms with Crippen LogP contribution in [0.25, 0.3) is 39.4 Å². The molecule has 168 valence electrons. The lowest BCUT2D eigenvalue weighted by atomic mass is 10.1. The number of fused-ring (bicyclic) bond motifs is 1. The van der Waals surface area contributed by atoms with Gasteiger partial charge in [-0.3, -0.25) is 14.3 Å². The highest BCUT2D eigenvalue weighted by Crippen LogP contribution is 2.34. The number of para-hydroxylation sites is 3. The molecule has 6 nitrogen and oxygen atoms in total. The maximum absolute atomic E-state index is 13.7. The largest absolute Gasteiger partial charge is 0.268 e. The van der Waals surface area contributed by atoms with E-state index in [0.29, 0.717) is 39.2 Å². The van der Waals surface area contributed by atoms with E-state index < -0.39 is 0 Å². The van der Waals surface area contributed by atoms with Crippen LogP contribution in [0.15, 0.2) is 110 Å². The van der Waals surface area contributed by atoms with Crippen molar-refractivity contribution in [2.45, 2.75) is 0 Å². The molecule has 7 heteroatoms. The third-order valence-corrected chi connectivity index (χ3v) is 5.77. The lowest BCUT2D eigenvalue weighted by Crippen LogP contribution is -2.13. The number of carbonyl (C=O) groups is 1. The second-order valence-electron chi connectivity index (χ2n) is 7.98. The minimum Gasteiger partial charge on any atom is -0.268 e. The average molecular weight is 459 g/mol. The fourth-order valence-electron chi connectivity index (χ4n) is 4.10. The Labute approximate surface area is 199 Å². The predicted octanol–water partition coefficient (Wildman–Crippen LogP) is 5.78. The first-order chi connectivity index (χ1) is 17.2. The number of benzene rings is 3. The molecule has 0 saturated carbocycles. The fourth-order valence-corrected chi connectivity index (χ4v) is 4.10. The second kappa shape index (κ2) is 8.46. The number of aromatic nitrogens is 5. The molecule has 0 fully saturated rings. The van der Waals surface area contributed by atoms with Gasteiger partial charge in [-0.15, -0.1) is 0 Å². The Bertz CT molecular complexity index is 1660. The van der Waals surface area contributed by atoms with E-state index in [1.165, 1.54) is 18.3 Å². The molecule has 3 aromatic heterocycles. The minimum atomic E-state index is -0.336. The topological polar surface area (TPSA) is 65.6 Å². The number of imidazole rings is 1. The molecule has 0 unspecified atom stereocenters.